The number of hydrogen-bond donors (Lipinski definition) is 11. The number of aliphatic hydroxyl groups excluding tert-OH is 2. The largest absolute Gasteiger partial charge is 1.00 e. The quantitative estimate of drug-likeness (QED) is 0.0715. The average Bonchev–Trinajstić information content (AvgIpc) is 3.09. The molecule has 0 aliphatic carbocycles. The Morgan fingerprint density at radius 3 is 1.41 bits per heavy atom. The normalized spacial score (nSPS) is 24.2. The van der Waals surface area contributed by atoms with Gasteiger partial charge in [-0.3, -0.25) is 20.2 Å². The van der Waals surface area contributed by atoms with E-state index in [1.54, 1.807) is 0 Å². The number of amides is 10. The summed E-state index contributed by atoms with van der Waals surface area (Å²) in [7, 11) is 0. The van der Waals surface area contributed by atoms with Gasteiger partial charge in [0.2, 0.25) is 11.3 Å². The first-order valence-corrected chi connectivity index (χ1v) is 8.82. The SMILES string of the molecule is O=C(NCNC(=O)NC1(CO)NC(=O)NC1=O)NC1(CO)NC(=O)NC1=O.O=S([O-])O.[Na+]. The second-order valence-electron chi connectivity index (χ2n) is 5.60. The molecule has 0 bridgehead atoms. The van der Waals surface area contributed by atoms with Crippen molar-refractivity contribution in [2.75, 3.05) is 19.9 Å². The summed E-state index contributed by atoms with van der Waals surface area (Å²) in [5, 5.41) is 34.4. The van der Waals surface area contributed by atoms with Gasteiger partial charge < -0.3 is 51.2 Å². The summed E-state index contributed by atoms with van der Waals surface area (Å²) in [5.41, 5.74) is -4.12. The molecular formula is C11H17N8NaO11S. The van der Waals surface area contributed by atoms with Crippen LogP contribution in [-0.4, -0.2) is 90.7 Å². The molecule has 0 spiro atoms. The molecular weight excluding hydrogens is 475 g/mol. The van der Waals surface area contributed by atoms with Gasteiger partial charge in [0, 0.05) is 0 Å². The summed E-state index contributed by atoms with van der Waals surface area (Å²) >= 11 is -2.86. The molecule has 0 aromatic rings. The first-order chi connectivity index (χ1) is 14.4. The van der Waals surface area contributed by atoms with E-state index in [1.165, 1.54) is 0 Å². The van der Waals surface area contributed by atoms with Crippen molar-refractivity contribution >= 4 is 47.3 Å². The zero-order chi connectivity index (χ0) is 23.8. The van der Waals surface area contributed by atoms with Crippen molar-refractivity contribution in [2.24, 2.45) is 0 Å². The minimum absolute atomic E-state index is 0. The van der Waals surface area contributed by atoms with Crippen LogP contribution < -0.4 is 72.1 Å². The Bertz CT molecular complexity index is 753. The van der Waals surface area contributed by atoms with Gasteiger partial charge in [-0.15, -0.1) is 0 Å². The van der Waals surface area contributed by atoms with Crippen LogP contribution in [0.25, 0.3) is 0 Å². The number of rotatable bonds is 6. The van der Waals surface area contributed by atoms with E-state index in [0.29, 0.717) is 0 Å². The van der Waals surface area contributed by atoms with Crippen molar-refractivity contribution in [2.45, 2.75) is 11.3 Å². The van der Waals surface area contributed by atoms with Crippen molar-refractivity contribution in [3.05, 3.63) is 0 Å². The van der Waals surface area contributed by atoms with E-state index in [0.717, 1.165) is 0 Å². The zero-order valence-corrected chi connectivity index (χ0v) is 19.0. The monoisotopic (exact) mass is 492 g/mol. The van der Waals surface area contributed by atoms with E-state index >= 15 is 0 Å². The maximum absolute atomic E-state index is 11.8. The van der Waals surface area contributed by atoms with E-state index in [1.807, 2.05) is 31.9 Å². The number of aliphatic hydroxyl groups is 2. The Balaban J connectivity index is 0.00000177. The van der Waals surface area contributed by atoms with E-state index in [4.69, 9.17) is 13.3 Å². The molecule has 0 aromatic carbocycles. The fourth-order valence-corrected chi connectivity index (χ4v) is 2.14. The third-order valence-electron chi connectivity index (χ3n) is 3.51. The topological polar surface area (TPSA) is 299 Å². The molecule has 174 valence electrons. The molecule has 2 aliphatic heterocycles. The van der Waals surface area contributed by atoms with Gasteiger partial charge in [-0.1, -0.05) is 0 Å². The molecule has 21 heteroatoms. The number of hydrogen-bond acceptors (Lipinski definition) is 10. The Morgan fingerprint density at radius 2 is 1.19 bits per heavy atom. The van der Waals surface area contributed by atoms with Gasteiger partial charge in [0.15, 0.2) is 0 Å². The first kappa shape index (κ1) is 29.4. The van der Waals surface area contributed by atoms with E-state index in [9.17, 15) is 39.0 Å². The van der Waals surface area contributed by atoms with Gasteiger partial charge in [-0.05, 0) is 0 Å². The summed E-state index contributed by atoms with van der Waals surface area (Å²) < 4.78 is 24.1. The molecule has 19 nitrogen and oxygen atoms in total. The van der Waals surface area contributed by atoms with Gasteiger partial charge >= 0.3 is 53.7 Å². The molecule has 32 heavy (non-hydrogen) atoms. The first-order valence-electron chi connectivity index (χ1n) is 7.79. The van der Waals surface area contributed by atoms with Crippen LogP contribution in [-0.2, 0) is 21.0 Å². The van der Waals surface area contributed by atoms with Crippen LogP contribution in [0.5, 0.6) is 0 Å². The van der Waals surface area contributed by atoms with Crippen molar-refractivity contribution in [3.63, 3.8) is 0 Å². The molecule has 11 N–H and O–H groups in total. The number of imide groups is 2. The fraction of sp³-hybridized carbons (Fsp3) is 0.455. The third-order valence-corrected chi connectivity index (χ3v) is 3.51. The van der Waals surface area contributed by atoms with Gasteiger partial charge in [0.1, 0.15) is 0 Å². The van der Waals surface area contributed by atoms with E-state index in [2.05, 4.69) is 10.6 Å². The summed E-state index contributed by atoms with van der Waals surface area (Å²) in [5.74, 6) is -1.97. The predicted octanol–water partition coefficient (Wildman–Crippen LogP) is -9.06. The molecule has 3 unspecified atom stereocenters. The molecule has 2 heterocycles. The Kier molecular flexibility index (Phi) is 11.4. The summed E-state index contributed by atoms with van der Waals surface area (Å²) in [6.07, 6.45) is 0. The Morgan fingerprint density at radius 1 is 0.875 bits per heavy atom. The summed E-state index contributed by atoms with van der Waals surface area (Å²) in [4.78, 5) is 68.9. The van der Waals surface area contributed by atoms with Gasteiger partial charge in [-0.25, -0.2) is 23.4 Å². The predicted molar refractivity (Wildman–Crippen MR) is 92.7 cm³/mol. The van der Waals surface area contributed by atoms with Crippen molar-refractivity contribution in [1.82, 2.24) is 42.5 Å². The van der Waals surface area contributed by atoms with Crippen molar-refractivity contribution in [1.29, 1.82) is 0 Å². The van der Waals surface area contributed by atoms with Crippen LogP contribution in [0.3, 0.4) is 0 Å². The number of carbonyl (C=O) groups excluding carboxylic acids is 6. The fourth-order valence-electron chi connectivity index (χ4n) is 2.14. The smallest absolute Gasteiger partial charge is 0.750 e. The van der Waals surface area contributed by atoms with E-state index in [-0.39, 0.29) is 29.6 Å². The zero-order valence-electron chi connectivity index (χ0n) is 16.1. The van der Waals surface area contributed by atoms with Crippen LogP contribution in [0.1, 0.15) is 0 Å². The molecule has 2 aliphatic rings. The minimum atomic E-state index is -2.86. The number of urea groups is 4. The van der Waals surface area contributed by atoms with Crippen molar-refractivity contribution in [3.8, 4) is 0 Å². The standard InChI is InChI=1S/C11H16N8O8.Na.H2O3S/c20-1-10(4(22)14-8(26)18-10)16-6(24)12-3-13-7(25)17-11(2-21)5(23)15-9(27)19-11;;1-4(2)3/h20-21H,1-3H2,(H2,12,16,24)(H2,13,17,25)(H2,14,18,22,26)(H2,15,19,23,27);;(H2,1,2,3)/q;+1;/p-1. The molecule has 0 radical (unpaired) electrons. The van der Waals surface area contributed by atoms with E-state index < -0.39 is 78.5 Å². The van der Waals surface area contributed by atoms with Crippen LogP contribution in [0.4, 0.5) is 19.2 Å². The summed E-state index contributed by atoms with van der Waals surface area (Å²) in [6, 6.07) is -3.91. The molecule has 3 atom stereocenters. The molecule has 2 saturated heterocycles. The van der Waals surface area contributed by atoms with Crippen molar-refractivity contribution < 1.29 is 81.9 Å². The molecule has 10 amide bonds. The Labute approximate surface area is 202 Å². The maximum Gasteiger partial charge on any atom is 1.00 e. The summed E-state index contributed by atoms with van der Waals surface area (Å²) in [6.45, 7) is -2.38. The maximum atomic E-state index is 11.8. The number of carbonyl (C=O) groups is 6. The van der Waals surface area contributed by atoms with Crippen LogP contribution >= 0.6 is 0 Å². The van der Waals surface area contributed by atoms with Gasteiger partial charge in [0.25, 0.3) is 11.8 Å². The third kappa shape index (κ3) is 7.83. The molecule has 2 rings (SSSR count). The minimum Gasteiger partial charge on any atom is -0.750 e. The molecule has 0 saturated carbocycles. The Hall–Kier alpha value is -2.59. The second kappa shape index (κ2) is 12.4. The molecule has 0 aromatic heterocycles. The van der Waals surface area contributed by atoms with Crippen LogP contribution in [0, 0.1) is 0 Å². The van der Waals surface area contributed by atoms with Gasteiger partial charge in [-0.2, -0.15) is 0 Å². The van der Waals surface area contributed by atoms with Gasteiger partial charge in [0.05, 0.1) is 31.2 Å². The second-order valence-corrected chi connectivity index (χ2v) is 6.03. The van der Waals surface area contributed by atoms with Crippen LogP contribution in [0.2, 0.25) is 0 Å². The van der Waals surface area contributed by atoms with Crippen LogP contribution in [0.15, 0.2) is 0 Å². The number of nitrogens with one attached hydrogen (secondary N) is 8. The average molecular weight is 492 g/mol. The molecule has 2 fully saturated rings.